The summed E-state index contributed by atoms with van der Waals surface area (Å²) in [6.45, 7) is 3.20. The second kappa shape index (κ2) is 5.59. The van der Waals surface area contributed by atoms with Crippen LogP contribution in [-0.4, -0.2) is 28.8 Å². The SMILES string of the molecule is CC(=O)c1cccc(-c2cnn(C3CCOCC3)c2)c1. The van der Waals surface area contributed by atoms with Crippen LogP contribution < -0.4 is 0 Å². The van der Waals surface area contributed by atoms with Crippen LogP contribution in [0.1, 0.15) is 36.2 Å². The number of benzene rings is 1. The normalized spacial score (nSPS) is 16.2. The third-order valence-electron chi connectivity index (χ3n) is 3.77. The summed E-state index contributed by atoms with van der Waals surface area (Å²) in [4.78, 5) is 11.4. The number of hydrogen-bond acceptors (Lipinski definition) is 3. The maximum atomic E-state index is 11.4. The van der Waals surface area contributed by atoms with Gasteiger partial charge in [-0.1, -0.05) is 18.2 Å². The molecule has 0 saturated carbocycles. The highest BCUT2D eigenvalue weighted by Gasteiger charge is 2.16. The van der Waals surface area contributed by atoms with E-state index >= 15 is 0 Å². The van der Waals surface area contributed by atoms with Gasteiger partial charge in [-0.25, -0.2) is 0 Å². The molecule has 20 heavy (non-hydrogen) atoms. The highest BCUT2D eigenvalue weighted by atomic mass is 16.5. The number of nitrogens with zero attached hydrogens (tertiary/aromatic N) is 2. The molecule has 1 aliphatic rings. The van der Waals surface area contributed by atoms with Crippen molar-refractivity contribution in [1.29, 1.82) is 0 Å². The smallest absolute Gasteiger partial charge is 0.159 e. The van der Waals surface area contributed by atoms with Gasteiger partial charge in [-0.3, -0.25) is 9.48 Å². The molecule has 1 fully saturated rings. The van der Waals surface area contributed by atoms with Gasteiger partial charge in [0.15, 0.2) is 5.78 Å². The first-order valence-electron chi connectivity index (χ1n) is 6.97. The van der Waals surface area contributed by atoms with Crippen molar-refractivity contribution < 1.29 is 9.53 Å². The van der Waals surface area contributed by atoms with Crippen molar-refractivity contribution in [2.45, 2.75) is 25.8 Å². The Bertz CT molecular complexity index is 612. The highest BCUT2D eigenvalue weighted by Crippen LogP contribution is 2.25. The van der Waals surface area contributed by atoms with Gasteiger partial charge in [-0.15, -0.1) is 0 Å². The zero-order valence-electron chi connectivity index (χ0n) is 11.6. The summed E-state index contributed by atoms with van der Waals surface area (Å²) in [6.07, 6.45) is 5.95. The number of carbonyl (C=O) groups is 1. The third-order valence-corrected chi connectivity index (χ3v) is 3.77. The molecule has 2 heterocycles. The Morgan fingerprint density at radius 3 is 2.85 bits per heavy atom. The standard InChI is InChI=1S/C16H18N2O2/c1-12(19)13-3-2-4-14(9-13)15-10-17-18(11-15)16-5-7-20-8-6-16/h2-4,9-11,16H,5-8H2,1H3. The zero-order valence-corrected chi connectivity index (χ0v) is 11.6. The minimum Gasteiger partial charge on any atom is -0.381 e. The van der Waals surface area contributed by atoms with Gasteiger partial charge in [0.25, 0.3) is 0 Å². The lowest BCUT2D eigenvalue weighted by Crippen LogP contribution is -2.19. The lowest BCUT2D eigenvalue weighted by atomic mass is 10.0. The van der Waals surface area contributed by atoms with Crippen molar-refractivity contribution in [3.63, 3.8) is 0 Å². The van der Waals surface area contributed by atoms with Gasteiger partial charge in [0.1, 0.15) is 0 Å². The molecule has 0 bridgehead atoms. The van der Waals surface area contributed by atoms with E-state index in [0.717, 1.165) is 42.7 Å². The van der Waals surface area contributed by atoms with Crippen LogP contribution in [0.3, 0.4) is 0 Å². The Hall–Kier alpha value is -1.94. The van der Waals surface area contributed by atoms with Crippen LogP contribution in [0.25, 0.3) is 11.1 Å². The van der Waals surface area contributed by atoms with E-state index in [-0.39, 0.29) is 5.78 Å². The predicted octanol–water partition coefficient (Wildman–Crippen LogP) is 3.10. The van der Waals surface area contributed by atoms with Crippen LogP contribution in [-0.2, 0) is 4.74 Å². The largest absolute Gasteiger partial charge is 0.381 e. The second-order valence-corrected chi connectivity index (χ2v) is 5.19. The minimum absolute atomic E-state index is 0.0867. The Balaban J connectivity index is 1.85. The van der Waals surface area contributed by atoms with Crippen molar-refractivity contribution in [2.75, 3.05) is 13.2 Å². The van der Waals surface area contributed by atoms with Gasteiger partial charge in [0.2, 0.25) is 0 Å². The van der Waals surface area contributed by atoms with E-state index in [1.165, 1.54) is 0 Å². The Kier molecular flexibility index (Phi) is 3.65. The molecule has 0 spiro atoms. The van der Waals surface area contributed by atoms with Crippen molar-refractivity contribution in [3.05, 3.63) is 42.2 Å². The Morgan fingerprint density at radius 2 is 2.10 bits per heavy atom. The number of Topliss-reactive ketones (excluding diaryl/α,β-unsaturated/α-hetero) is 1. The van der Waals surface area contributed by atoms with Crippen molar-refractivity contribution >= 4 is 5.78 Å². The number of ketones is 1. The molecular formula is C16H18N2O2. The van der Waals surface area contributed by atoms with Crippen LogP contribution in [0.5, 0.6) is 0 Å². The molecule has 1 aromatic heterocycles. The highest BCUT2D eigenvalue weighted by molar-refractivity contribution is 5.95. The number of aromatic nitrogens is 2. The summed E-state index contributed by atoms with van der Waals surface area (Å²) in [5.41, 5.74) is 2.83. The summed E-state index contributed by atoms with van der Waals surface area (Å²) in [5, 5.41) is 4.47. The fourth-order valence-electron chi connectivity index (χ4n) is 2.55. The van der Waals surface area contributed by atoms with Crippen LogP contribution in [0.15, 0.2) is 36.7 Å². The molecule has 0 radical (unpaired) electrons. The van der Waals surface area contributed by atoms with E-state index in [0.29, 0.717) is 6.04 Å². The van der Waals surface area contributed by atoms with Gasteiger partial charge in [0.05, 0.1) is 12.2 Å². The van der Waals surface area contributed by atoms with Crippen molar-refractivity contribution in [2.24, 2.45) is 0 Å². The van der Waals surface area contributed by atoms with E-state index < -0.39 is 0 Å². The maximum Gasteiger partial charge on any atom is 0.159 e. The van der Waals surface area contributed by atoms with Crippen LogP contribution >= 0.6 is 0 Å². The first-order valence-corrected chi connectivity index (χ1v) is 6.97. The quantitative estimate of drug-likeness (QED) is 0.805. The lowest BCUT2D eigenvalue weighted by molar-refractivity contribution is 0.0662. The van der Waals surface area contributed by atoms with Crippen molar-refractivity contribution in [3.8, 4) is 11.1 Å². The van der Waals surface area contributed by atoms with Gasteiger partial charge < -0.3 is 4.74 Å². The van der Waals surface area contributed by atoms with Gasteiger partial charge >= 0.3 is 0 Å². The second-order valence-electron chi connectivity index (χ2n) is 5.19. The molecule has 0 atom stereocenters. The topological polar surface area (TPSA) is 44.1 Å². The number of hydrogen-bond donors (Lipinski definition) is 0. The van der Waals surface area contributed by atoms with E-state index in [4.69, 9.17) is 4.74 Å². The fourth-order valence-corrected chi connectivity index (χ4v) is 2.55. The average Bonchev–Trinajstić information content (AvgIpc) is 2.98. The fraction of sp³-hybridized carbons (Fsp3) is 0.375. The lowest BCUT2D eigenvalue weighted by Gasteiger charge is -2.22. The summed E-state index contributed by atoms with van der Waals surface area (Å²) >= 11 is 0. The minimum atomic E-state index is 0.0867. The molecule has 0 amide bonds. The first-order chi connectivity index (χ1) is 9.74. The van der Waals surface area contributed by atoms with Crippen LogP contribution in [0.4, 0.5) is 0 Å². The monoisotopic (exact) mass is 270 g/mol. The number of ether oxygens (including phenoxy) is 1. The average molecular weight is 270 g/mol. The molecule has 4 heteroatoms. The van der Waals surface area contributed by atoms with Gasteiger partial charge in [0, 0.05) is 30.5 Å². The summed E-state index contributed by atoms with van der Waals surface area (Å²) in [6, 6.07) is 8.12. The molecule has 0 unspecified atom stereocenters. The Labute approximate surface area is 118 Å². The summed E-state index contributed by atoms with van der Waals surface area (Å²) in [5.74, 6) is 0.0867. The zero-order chi connectivity index (χ0) is 13.9. The number of carbonyl (C=O) groups excluding carboxylic acids is 1. The Morgan fingerprint density at radius 1 is 1.30 bits per heavy atom. The van der Waals surface area contributed by atoms with Crippen molar-refractivity contribution in [1.82, 2.24) is 9.78 Å². The summed E-state index contributed by atoms with van der Waals surface area (Å²) < 4.78 is 7.40. The van der Waals surface area contributed by atoms with E-state index in [9.17, 15) is 4.79 Å². The maximum absolute atomic E-state index is 11.4. The van der Waals surface area contributed by atoms with E-state index in [1.54, 1.807) is 6.92 Å². The van der Waals surface area contributed by atoms with E-state index in [2.05, 4.69) is 11.3 Å². The first kappa shape index (κ1) is 13.1. The molecule has 1 aliphatic heterocycles. The molecule has 2 aromatic rings. The molecule has 0 N–H and O–H groups in total. The molecular weight excluding hydrogens is 252 g/mol. The van der Waals surface area contributed by atoms with Gasteiger partial charge in [-0.2, -0.15) is 5.10 Å². The van der Waals surface area contributed by atoms with Gasteiger partial charge in [-0.05, 0) is 31.4 Å². The molecule has 1 aromatic carbocycles. The number of rotatable bonds is 3. The molecule has 4 nitrogen and oxygen atoms in total. The summed E-state index contributed by atoms with van der Waals surface area (Å²) in [7, 11) is 0. The molecule has 104 valence electrons. The van der Waals surface area contributed by atoms with Crippen LogP contribution in [0, 0.1) is 0 Å². The third kappa shape index (κ3) is 2.65. The van der Waals surface area contributed by atoms with E-state index in [1.807, 2.05) is 35.1 Å². The molecule has 1 saturated heterocycles. The van der Waals surface area contributed by atoms with Crippen LogP contribution in [0.2, 0.25) is 0 Å². The molecule has 3 rings (SSSR count). The predicted molar refractivity (Wildman–Crippen MR) is 76.8 cm³/mol. The molecule has 0 aliphatic carbocycles.